The molecule has 7 nitrogen and oxygen atoms in total. The molecule has 1 aliphatic heterocycles. The van der Waals surface area contributed by atoms with Gasteiger partial charge in [0.05, 0.1) is 5.92 Å². The number of hydrogen-bond donors (Lipinski definition) is 1. The Morgan fingerprint density at radius 2 is 2.00 bits per heavy atom. The third kappa shape index (κ3) is 5.26. The number of likely N-dealkylation sites (tertiary alicyclic amines) is 1. The molecule has 2 aromatic rings. The van der Waals surface area contributed by atoms with Crippen LogP contribution in [0.5, 0.6) is 0 Å². The van der Waals surface area contributed by atoms with Crippen LogP contribution in [-0.2, 0) is 17.6 Å². The average Bonchev–Trinajstić information content (AvgIpc) is 3.14. The van der Waals surface area contributed by atoms with Gasteiger partial charge in [-0.15, -0.1) is 10.2 Å². The minimum absolute atomic E-state index is 0.0494. The number of aromatic nitrogens is 2. The van der Waals surface area contributed by atoms with Gasteiger partial charge in [-0.25, -0.2) is 4.79 Å². The number of urea groups is 1. The zero-order valence-corrected chi connectivity index (χ0v) is 16.5. The van der Waals surface area contributed by atoms with Gasteiger partial charge in [-0.05, 0) is 24.8 Å². The van der Waals surface area contributed by atoms with Crippen LogP contribution in [0.15, 0.2) is 30.3 Å². The Hall–Kier alpha value is -2.48. The minimum Gasteiger partial charge on any atom is -0.331 e. The van der Waals surface area contributed by atoms with E-state index in [1.165, 1.54) is 16.9 Å². The van der Waals surface area contributed by atoms with Crippen molar-refractivity contribution in [2.75, 3.05) is 32.5 Å². The number of carbonyl (C=O) groups is 2. The summed E-state index contributed by atoms with van der Waals surface area (Å²) in [5.41, 5.74) is 1.26. The van der Waals surface area contributed by atoms with E-state index >= 15 is 0 Å². The molecule has 0 radical (unpaired) electrons. The van der Waals surface area contributed by atoms with Crippen LogP contribution in [0.3, 0.4) is 0 Å². The molecular formula is C19H25N5O2S. The maximum absolute atomic E-state index is 12.6. The summed E-state index contributed by atoms with van der Waals surface area (Å²) in [5, 5.41) is 12.6. The molecule has 1 fully saturated rings. The smallest absolute Gasteiger partial charge is 0.319 e. The van der Waals surface area contributed by atoms with Crippen LogP contribution >= 0.6 is 11.3 Å². The van der Waals surface area contributed by atoms with Gasteiger partial charge in [0.15, 0.2) is 0 Å². The van der Waals surface area contributed by atoms with E-state index < -0.39 is 0 Å². The molecule has 0 aliphatic carbocycles. The number of hydrogen-bond acceptors (Lipinski definition) is 5. The summed E-state index contributed by atoms with van der Waals surface area (Å²) in [7, 11) is 3.45. The molecule has 1 aromatic carbocycles. The molecule has 0 saturated carbocycles. The fourth-order valence-corrected chi connectivity index (χ4v) is 3.90. The van der Waals surface area contributed by atoms with Crippen molar-refractivity contribution in [1.29, 1.82) is 0 Å². The molecule has 144 valence electrons. The highest BCUT2D eigenvalue weighted by Crippen LogP contribution is 2.22. The van der Waals surface area contributed by atoms with Crippen LogP contribution in [0.1, 0.15) is 23.4 Å². The zero-order valence-electron chi connectivity index (χ0n) is 15.7. The van der Waals surface area contributed by atoms with Crippen molar-refractivity contribution < 1.29 is 9.59 Å². The van der Waals surface area contributed by atoms with E-state index in [1.807, 2.05) is 18.2 Å². The van der Waals surface area contributed by atoms with Gasteiger partial charge in [-0.1, -0.05) is 41.7 Å². The second-order valence-electron chi connectivity index (χ2n) is 6.94. The first-order chi connectivity index (χ1) is 13.0. The lowest BCUT2D eigenvalue weighted by atomic mass is 9.97. The molecule has 1 aromatic heterocycles. The molecule has 1 atom stereocenters. The number of anilines is 1. The lowest BCUT2D eigenvalue weighted by molar-refractivity contribution is -0.121. The van der Waals surface area contributed by atoms with E-state index in [0.29, 0.717) is 18.2 Å². The van der Waals surface area contributed by atoms with Crippen LogP contribution in [0.2, 0.25) is 0 Å². The van der Waals surface area contributed by atoms with E-state index in [9.17, 15) is 9.59 Å². The summed E-state index contributed by atoms with van der Waals surface area (Å²) >= 11 is 1.41. The monoisotopic (exact) mass is 387 g/mol. The van der Waals surface area contributed by atoms with Gasteiger partial charge in [0.25, 0.3) is 0 Å². The van der Waals surface area contributed by atoms with Gasteiger partial charge in [-0.2, -0.15) is 0 Å². The molecule has 0 bridgehead atoms. The number of piperidine rings is 1. The number of aryl methyl sites for hydroxylation is 2. The number of benzene rings is 1. The summed E-state index contributed by atoms with van der Waals surface area (Å²) in [4.78, 5) is 28.0. The number of nitrogens with zero attached hydrogens (tertiary/aromatic N) is 4. The number of rotatable bonds is 5. The highest BCUT2D eigenvalue weighted by atomic mass is 32.1. The number of carbonyl (C=O) groups excluding carboxylic acids is 2. The van der Waals surface area contributed by atoms with Gasteiger partial charge < -0.3 is 15.1 Å². The van der Waals surface area contributed by atoms with Gasteiger partial charge in [0.2, 0.25) is 11.0 Å². The van der Waals surface area contributed by atoms with Gasteiger partial charge in [-0.3, -0.25) is 4.79 Å². The Labute approximate surface area is 163 Å². The molecule has 0 unspecified atom stereocenters. The number of amides is 3. The molecule has 1 aliphatic rings. The van der Waals surface area contributed by atoms with Gasteiger partial charge in [0, 0.05) is 33.6 Å². The van der Waals surface area contributed by atoms with Crippen LogP contribution in [0, 0.1) is 5.92 Å². The predicted molar refractivity (Wildman–Crippen MR) is 106 cm³/mol. The van der Waals surface area contributed by atoms with E-state index in [0.717, 1.165) is 30.7 Å². The second-order valence-corrected chi connectivity index (χ2v) is 8.00. The summed E-state index contributed by atoms with van der Waals surface area (Å²) in [6.07, 6.45) is 3.30. The largest absolute Gasteiger partial charge is 0.331 e. The highest BCUT2D eigenvalue weighted by Gasteiger charge is 2.29. The Morgan fingerprint density at radius 1 is 1.22 bits per heavy atom. The van der Waals surface area contributed by atoms with E-state index in [-0.39, 0.29) is 17.9 Å². The Kier molecular flexibility index (Phi) is 6.39. The SMILES string of the molecule is CN(C)C(=O)N1CCC[C@H](C(=O)Nc2nnc(CCc3ccccc3)s2)C1. The van der Waals surface area contributed by atoms with Crippen molar-refractivity contribution in [1.82, 2.24) is 20.0 Å². The predicted octanol–water partition coefficient (Wildman–Crippen LogP) is 2.66. The fraction of sp³-hybridized carbons (Fsp3) is 0.474. The van der Waals surface area contributed by atoms with Crippen molar-refractivity contribution in [3.05, 3.63) is 40.9 Å². The normalized spacial score (nSPS) is 16.8. The summed E-state index contributed by atoms with van der Waals surface area (Å²) in [6, 6.07) is 10.2. The quantitative estimate of drug-likeness (QED) is 0.855. The molecule has 1 N–H and O–H groups in total. The first kappa shape index (κ1) is 19.3. The Bertz CT molecular complexity index is 777. The topological polar surface area (TPSA) is 78.4 Å². The van der Waals surface area contributed by atoms with Gasteiger partial charge >= 0.3 is 6.03 Å². The van der Waals surface area contributed by atoms with Crippen molar-refractivity contribution in [2.24, 2.45) is 5.92 Å². The Morgan fingerprint density at radius 3 is 2.74 bits per heavy atom. The fourth-order valence-electron chi connectivity index (χ4n) is 3.16. The van der Waals surface area contributed by atoms with Gasteiger partial charge in [0.1, 0.15) is 5.01 Å². The first-order valence-corrected chi connectivity index (χ1v) is 9.98. The highest BCUT2D eigenvalue weighted by molar-refractivity contribution is 7.15. The average molecular weight is 388 g/mol. The molecule has 0 spiro atoms. The molecule has 2 heterocycles. The molecule has 8 heteroatoms. The third-order valence-electron chi connectivity index (χ3n) is 4.61. The maximum Gasteiger partial charge on any atom is 0.319 e. The van der Waals surface area contributed by atoms with E-state index in [4.69, 9.17) is 0 Å². The standard InChI is InChI=1S/C19H25N5O2S/c1-23(2)19(26)24-12-6-9-15(13-24)17(25)20-18-22-21-16(27-18)11-10-14-7-4-3-5-8-14/h3-5,7-8,15H,6,9-13H2,1-2H3,(H,20,22,25)/t15-/m0/s1. The lowest BCUT2D eigenvalue weighted by Gasteiger charge is -2.33. The van der Waals surface area contributed by atoms with Crippen molar-refractivity contribution in [3.63, 3.8) is 0 Å². The summed E-state index contributed by atoms with van der Waals surface area (Å²) < 4.78 is 0. The summed E-state index contributed by atoms with van der Waals surface area (Å²) in [6.45, 7) is 1.14. The van der Waals surface area contributed by atoms with Crippen molar-refractivity contribution in [3.8, 4) is 0 Å². The summed E-state index contributed by atoms with van der Waals surface area (Å²) in [5.74, 6) is -0.295. The minimum atomic E-state index is -0.209. The third-order valence-corrected chi connectivity index (χ3v) is 5.51. The lowest BCUT2D eigenvalue weighted by Crippen LogP contribution is -2.47. The van der Waals surface area contributed by atoms with Crippen molar-refractivity contribution >= 4 is 28.4 Å². The van der Waals surface area contributed by atoms with Crippen LogP contribution in [0.25, 0.3) is 0 Å². The second kappa shape index (κ2) is 8.94. The number of nitrogens with one attached hydrogen (secondary N) is 1. The van der Waals surface area contributed by atoms with Crippen LogP contribution in [0.4, 0.5) is 9.93 Å². The maximum atomic E-state index is 12.6. The van der Waals surface area contributed by atoms with E-state index in [1.54, 1.807) is 23.9 Å². The Balaban J connectivity index is 1.52. The first-order valence-electron chi connectivity index (χ1n) is 9.16. The van der Waals surface area contributed by atoms with Crippen LogP contribution < -0.4 is 5.32 Å². The molecule has 1 saturated heterocycles. The van der Waals surface area contributed by atoms with Crippen LogP contribution in [-0.4, -0.2) is 59.1 Å². The zero-order chi connectivity index (χ0) is 19.2. The molecule has 27 heavy (non-hydrogen) atoms. The van der Waals surface area contributed by atoms with Crippen molar-refractivity contribution in [2.45, 2.75) is 25.7 Å². The molecule has 3 rings (SSSR count). The van der Waals surface area contributed by atoms with E-state index in [2.05, 4.69) is 27.6 Å². The molecule has 3 amide bonds. The molecular weight excluding hydrogens is 362 g/mol.